The van der Waals surface area contributed by atoms with Crippen LogP contribution in [-0.4, -0.2) is 31.1 Å². The van der Waals surface area contributed by atoms with Crippen LogP contribution in [0.2, 0.25) is 0 Å². The number of benzene rings is 1. The van der Waals surface area contributed by atoms with Gasteiger partial charge in [-0.05, 0) is 35.6 Å². The first-order valence-electron chi connectivity index (χ1n) is 8.19. The largest absolute Gasteiger partial charge is 0.484 e. The maximum atomic E-state index is 12.2. The van der Waals surface area contributed by atoms with Crippen LogP contribution in [0.3, 0.4) is 0 Å². The Bertz CT molecular complexity index is 749. The van der Waals surface area contributed by atoms with Crippen molar-refractivity contribution >= 4 is 23.2 Å². The first kappa shape index (κ1) is 20.8. The summed E-state index contributed by atoms with van der Waals surface area (Å²) in [6.07, 6.45) is -3.69. The fourth-order valence-corrected chi connectivity index (χ4v) is 2.78. The zero-order valence-corrected chi connectivity index (χ0v) is 15.2. The molecular formula is C18H19F3N2O3S. The topological polar surface area (TPSA) is 67.4 Å². The molecule has 2 amide bonds. The first-order chi connectivity index (χ1) is 12.8. The van der Waals surface area contributed by atoms with Crippen LogP contribution in [0.15, 0.2) is 41.1 Å². The Kier molecular flexibility index (Phi) is 7.66. The van der Waals surface area contributed by atoms with Gasteiger partial charge in [0.1, 0.15) is 5.75 Å². The molecule has 5 nitrogen and oxygen atoms in total. The Balaban J connectivity index is 1.65. The maximum absolute atomic E-state index is 12.2. The molecule has 0 radical (unpaired) electrons. The van der Waals surface area contributed by atoms with Crippen molar-refractivity contribution in [3.8, 4) is 5.75 Å². The lowest BCUT2D eigenvalue weighted by molar-refractivity contribution is -0.153. The number of ether oxygens (including phenoxy) is 1. The summed E-state index contributed by atoms with van der Waals surface area (Å²) in [5.74, 6) is -0.288. The number of hydrogen-bond acceptors (Lipinski definition) is 4. The van der Waals surface area contributed by atoms with Crippen LogP contribution in [0.1, 0.15) is 28.8 Å². The van der Waals surface area contributed by atoms with Crippen molar-refractivity contribution in [3.05, 3.63) is 52.2 Å². The van der Waals surface area contributed by atoms with Gasteiger partial charge in [0, 0.05) is 30.5 Å². The van der Waals surface area contributed by atoms with Crippen molar-refractivity contribution in [2.45, 2.75) is 25.6 Å². The van der Waals surface area contributed by atoms with E-state index in [9.17, 15) is 22.8 Å². The first-order valence-corrected chi connectivity index (χ1v) is 9.13. The van der Waals surface area contributed by atoms with Gasteiger partial charge in [-0.15, -0.1) is 0 Å². The molecule has 0 saturated carbocycles. The van der Waals surface area contributed by atoms with E-state index in [1.165, 1.54) is 23.5 Å². The predicted molar refractivity (Wildman–Crippen MR) is 95.7 cm³/mol. The van der Waals surface area contributed by atoms with Gasteiger partial charge in [-0.1, -0.05) is 12.1 Å². The van der Waals surface area contributed by atoms with Gasteiger partial charge in [0.2, 0.25) is 5.91 Å². The van der Waals surface area contributed by atoms with Crippen molar-refractivity contribution < 1.29 is 27.5 Å². The molecule has 0 fully saturated rings. The van der Waals surface area contributed by atoms with Gasteiger partial charge < -0.3 is 15.4 Å². The molecule has 9 heteroatoms. The van der Waals surface area contributed by atoms with Gasteiger partial charge in [0.25, 0.3) is 5.91 Å². The summed E-state index contributed by atoms with van der Waals surface area (Å²) in [6.45, 7) is -0.800. The molecule has 0 aliphatic heterocycles. The number of rotatable bonds is 9. The van der Waals surface area contributed by atoms with Crippen LogP contribution >= 0.6 is 11.3 Å². The van der Waals surface area contributed by atoms with E-state index in [2.05, 4.69) is 15.4 Å². The predicted octanol–water partition coefficient (Wildman–Crippen LogP) is 3.52. The summed E-state index contributed by atoms with van der Waals surface area (Å²) < 4.78 is 41.2. The van der Waals surface area contributed by atoms with Crippen LogP contribution in [0.25, 0.3) is 0 Å². The summed E-state index contributed by atoms with van der Waals surface area (Å²) >= 11 is 1.43. The number of alkyl halides is 3. The van der Waals surface area contributed by atoms with Crippen molar-refractivity contribution in [2.75, 3.05) is 13.2 Å². The lowest BCUT2D eigenvalue weighted by atomic mass is 10.2. The zero-order chi connectivity index (χ0) is 19.7. The van der Waals surface area contributed by atoms with Gasteiger partial charge in [-0.25, -0.2) is 0 Å². The van der Waals surface area contributed by atoms with E-state index < -0.39 is 12.8 Å². The van der Waals surface area contributed by atoms with Gasteiger partial charge in [-0.2, -0.15) is 24.5 Å². The van der Waals surface area contributed by atoms with Crippen molar-refractivity contribution in [1.29, 1.82) is 0 Å². The average Bonchev–Trinajstić information content (AvgIpc) is 3.16. The van der Waals surface area contributed by atoms with Crippen molar-refractivity contribution in [3.63, 3.8) is 0 Å². The molecule has 0 saturated heterocycles. The maximum Gasteiger partial charge on any atom is 0.422 e. The highest BCUT2D eigenvalue weighted by atomic mass is 32.1. The zero-order valence-electron chi connectivity index (χ0n) is 14.3. The van der Waals surface area contributed by atoms with Gasteiger partial charge in [-0.3, -0.25) is 9.59 Å². The van der Waals surface area contributed by atoms with E-state index in [1.54, 1.807) is 23.6 Å². The third-order valence-corrected chi connectivity index (χ3v) is 4.12. The van der Waals surface area contributed by atoms with Crippen LogP contribution in [0, 0.1) is 0 Å². The minimum Gasteiger partial charge on any atom is -0.484 e. The normalized spacial score (nSPS) is 11.1. The van der Waals surface area contributed by atoms with Crippen molar-refractivity contribution in [1.82, 2.24) is 10.6 Å². The molecule has 2 N–H and O–H groups in total. The summed E-state index contributed by atoms with van der Waals surface area (Å²) in [6, 6.07) is 7.84. The number of thiophene rings is 1. The summed E-state index contributed by atoms with van der Waals surface area (Å²) in [5, 5.41) is 8.97. The molecule has 0 aliphatic rings. The SMILES string of the molecule is O=C(CCCNC(=O)c1ccsc1)NCc1cccc(OCC(F)(F)F)c1. The highest BCUT2D eigenvalue weighted by Gasteiger charge is 2.28. The lowest BCUT2D eigenvalue weighted by Crippen LogP contribution is -2.27. The molecule has 0 unspecified atom stereocenters. The summed E-state index contributed by atoms with van der Waals surface area (Å²) in [4.78, 5) is 23.6. The molecule has 0 aliphatic carbocycles. The average molecular weight is 400 g/mol. The standard InChI is InChI=1S/C18H19F3N2O3S/c19-18(20,21)12-26-15-4-1-3-13(9-15)10-23-16(24)5-2-7-22-17(25)14-6-8-27-11-14/h1,3-4,6,8-9,11H,2,5,7,10,12H2,(H,22,25)(H,23,24). The number of carbonyl (C=O) groups excluding carboxylic acids is 2. The third kappa shape index (κ3) is 8.12. The Morgan fingerprint density at radius 2 is 1.96 bits per heavy atom. The quantitative estimate of drug-likeness (QED) is 0.633. The van der Waals surface area contributed by atoms with E-state index in [1.807, 2.05) is 5.38 Å². The Hall–Kier alpha value is -2.55. The van der Waals surface area contributed by atoms with Gasteiger partial charge in [0.15, 0.2) is 6.61 Å². The Labute approximate surface area is 158 Å². The third-order valence-electron chi connectivity index (χ3n) is 3.44. The molecular weight excluding hydrogens is 381 g/mol. The molecule has 1 aromatic heterocycles. The van der Waals surface area contributed by atoms with E-state index in [4.69, 9.17) is 0 Å². The minimum absolute atomic E-state index is 0.0928. The van der Waals surface area contributed by atoms with E-state index in [0.717, 1.165) is 0 Å². The number of nitrogens with one attached hydrogen (secondary N) is 2. The number of carbonyl (C=O) groups is 2. The highest BCUT2D eigenvalue weighted by Crippen LogP contribution is 2.19. The highest BCUT2D eigenvalue weighted by molar-refractivity contribution is 7.08. The molecule has 0 spiro atoms. The fraction of sp³-hybridized carbons (Fsp3) is 0.333. The molecule has 1 aromatic carbocycles. The molecule has 2 aromatic rings. The number of amides is 2. The van der Waals surface area contributed by atoms with Crippen LogP contribution in [-0.2, 0) is 11.3 Å². The minimum atomic E-state index is -4.40. The van der Waals surface area contributed by atoms with Crippen LogP contribution in [0.5, 0.6) is 5.75 Å². The van der Waals surface area contributed by atoms with Gasteiger partial charge >= 0.3 is 6.18 Å². The summed E-state index contributed by atoms with van der Waals surface area (Å²) in [7, 11) is 0. The smallest absolute Gasteiger partial charge is 0.422 e. The second-order valence-electron chi connectivity index (χ2n) is 5.70. The Morgan fingerprint density at radius 1 is 1.15 bits per heavy atom. The summed E-state index contributed by atoms with van der Waals surface area (Å²) in [5.41, 5.74) is 1.23. The second kappa shape index (κ2) is 9.96. The fourth-order valence-electron chi connectivity index (χ4n) is 2.15. The molecule has 1 heterocycles. The molecule has 0 atom stereocenters. The monoisotopic (exact) mass is 400 g/mol. The van der Waals surface area contributed by atoms with E-state index >= 15 is 0 Å². The molecule has 2 rings (SSSR count). The van der Waals surface area contributed by atoms with E-state index in [0.29, 0.717) is 24.1 Å². The van der Waals surface area contributed by atoms with E-state index in [-0.39, 0.29) is 30.5 Å². The molecule has 0 bridgehead atoms. The van der Waals surface area contributed by atoms with Crippen LogP contribution in [0.4, 0.5) is 13.2 Å². The van der Waals surface area contributed by atoms with Crippen LogP contribution < -0.4 is 15.4 Å². The molecule has 27 heavy (non-hydrogen) atoms. The molecule has 146 valence electrons. The van der Waals surface area contributed by atoms with Crippen molar-refractivity contribution in [2.24, 2.45) is 0 Å². The second-order valence-corrected chi connectivity index (χ2v) is 6.48. The number of halogens is 3. The lowest BCUT2D eigenvalue weighted by Gasteiger charge is -2.11. The Morgan fingerprint density at radius 3 is 2.67 bits per heavy atom. The number of hydrogen-bond donors (Lipinski definition) is 2. The van der Waals surface area contributed by atoms with Gasteiger partial charge in [0.05, 0.1) is 0 Å².